The second-order valence-corrected chi connectivity index (χ2v) is 4.81. The molecule has 1 heterocycles. The Hall–Kier alpha value is -1.71. The van der Waals surface area contributed by atoms with E-state index in [4.69, 9.17) is 5.73 Å². The van der Waals surface area contributed by atoms with Crippen LogP contribution in [0.25, 0.3) is 0 Å². The fraction of sp³-hybridized carbons (Fsp3) is 0.312. The van der Waals surface area contributed by atoms with Gasteiger partial charge in [-0.15, -0.1) is 0 Å². The van der Waals surface area contributed by atoms with Crippen molar-refractivity contribution in [1.82, 2.24) is 9.88 Å². The minimum Gasteiger partial charge on any atom is -0.329 e. The number of pyridine rings is 1. The Balaban J connectivity index is 2.04. The number of hydrogen-bond donors (Lipinski definition) is 1. The molecule has 0 saturated heterocycles. The van der Waals surface area contributed by atoms with Crippen LogP contribution in [-0.2, 0) is 13.1 Å². The number of aromatic nitrogens is 1. The molecule has 3 heteroatoms. The number of benzene rings is 1. The van der Waals surface area contributed by atoms with Gasteiger partial charge in [0.15, 0.2) is 0 Å². The monoisotopic (exact) mass is 255 g/mol. The van der Waals surface area contributed by atoms with Crippen LogP contribution >= 0.6 is 0 Å². The average molecular weight is 255 g/mol. The first kappa shape index (κ1) is 13.7. The van der Waals surface area contributed by atoms with E-state index in [2.05, 4.69) is 47.1 Å². The van der Waals surface area contributed by atoms with E-state index < -0.39 is 0 Å². The van der Waals surface area contributed by atoms with E-state index in [0.29, 0.717) is 6.54 Å². The van der Waals surface area contributed by atoms with Crippen LogP contribution in [0.15, 0.2) is 48.7 Å². The highest BCUT2D eigenvalue weighted by Crippen LogP contribution is 2.10. The van der Waals surface area contributed by atoms with Crippen molar-refractivity contribution in [3.63, 3.8) is 0 Å². The molecule has 0 spiro atoms. The molecule has 3 nitrogen and oxygen atoms in total. The highest BCUT2D eigenvalue weighted by atomic mass is 15.1. The van der Waals surface area contributed by atoms with Crippen molar-refractivity contribution in [1.29, 1.82) is 0 Å². The number of aryl methyl sites for hydroxylation is 1. The Bertz CT molecular complexity index is 496. The van der Waals surface area contributed by atoms with Crippen LogP contribution in [0, 0.1) is 6.92 Å². The summed E-state index contributed by atoms with van der Waals surface area (Å²) in [7, 11) is 0. The molecule has 2 aromatic rings. The van der Waals surface area contributed by atoms with Gasteiger partial charge in [-0.25, -0.2) is 0 Å². The minimum atomic E-state index is 0.665. The summed E-state index contributed by atoms with van der Waals surface area (Å²) >= 11 is 0. The maximum atomic E-state index is 5.70. The number of hydrogen-bond acceptors (Lipinski definition) is 3. The van der Waals surface area contributed by atoms with Crippen LogP contribution in [0.1, 0.15) is 16.8 Å². The predicted molar refractivity (Wildman–Crippen MR) is 78.6 cm³/mol. The Morgan fingerprint density at radius 1 is 1.11 bits per heavy atom. The van der Waals surface area contributed by atoms with Gasteiger partial charge in [-0.05, 0) is 24.6 Å². The van der Waals surface area contributed by atoms with Crippen LogP contribution in [0.2, 0.25) is 0 Å². The lowest BCUT2D eigenvalue weighted by Gasteiger charge is -2.21. The maximum absolute atomic E-state index is 5.70. The largest absolute Gasteiger partial charge is 0.329 e. The summed E-state index contributed by atoms with van der Waals surface area (Å²) in [6.45, 7) is 5.42. The summed E-state index contributed by atoms with van der Waals surface area (Å²) in [6, 6.07) is 14.6. The first-order valence-corrected chi connectivity index (χ1v) is 6.66. The van der Waals surface area contributed by atoms with Gasteiger partial charge in [-0.3, -0.25) is 9.88 Å². The van der Waals surface area contributed by atoms with Crippen LogP contribution < -0.4 is 5.73 Å². The minimum absolute atomic E-state index is 0.665. The second kappa shape index (κ2) is 7.02. The summed E-state index contributed by atoms with van der Waals surface area (Å²) < 4.78 is 0. The molecule has 1 aromatic carbocycles. The van der Waals surface area contributed by atoms with Gasteiger partial charge in [-0.1, -0.05) is 35.9 Å². The van der Waals surface area contributed by atoms with E-state index in [9.17, 15) is 0 Å². The molecule has 0 aliphatic heterocycles. The fourth-order valence-electron chi connectivity index (χ4n) is 2.19. The zero-order valence-corrected chi connectivity index (χ0v) is 11.4. The molecular weight excluding hydrogens is 234 g/mol. The van der Waals surface area contributed by atoms with Gasteiger partial charge in [0.2, 0.25) is 0 Å². The summed E-state index contributed by atoms with van der Waals surface area (Å²) in [5.41, 5.74) is 9.41. The summed E-state index contributed by atoms with van der Waals surface area (Å²) in [6.07, 6.45) is 1.84. The average Bonchev–Trinajstić information content (AvgIpc) is 2.40. The number of rotatable bonds is 6. The summed E-state index contributed by atoms with van der Waals surface area (Å²) in [5.74, 6) is 0. The third-order valence-electron chi connectivity index (χ3n) is 3.05. The van der Waals surface area contributed by atoms with Crippen molar-refractivity contribution < 1.29 is 0 Å². The molecule has 0 aliphatic carbocycles. The van der Waals surface area contributed by atoms with E-state index in [-0.39, 0.29) is 0 Å². The third kappa shape index (κ3) is 4.47. The second-order valence-electron chi connectivity index (χ2n) is 4.81. The molecule has 0 unspecified atom stereocenters. The molecule has 19 heavy (non-hydrogen) atoms. The molecule has 0 amide bonds. The van der Waals surface area contributed by atoms with Gasteiger partial charge in [0.25, 0.3) is 0 Å². The van der Waals surface area contributed by atoms with E-state index in [1.54, 1.807) is 0 Å². The standard InChI is InChI=1S/C16H21N3/c1-14-5-4-6-15(11-14)12-19(10-8-17)13-16-7-2-3-9-18-16/h2-7,9,11H,8,10,12-13,17H2,1H3. The Morgan fingerprint density at radius 2 is 2.00 bits per heavy atom. The normalized spacial score (nSPS) is 10.9. The topological polar surface area (TPSA) is 42.1 Å². The van der Waals surface area contributed by atoms with Crippen molar-refractivity contribution in [2.45, 2.75) is 20.0 Å². The van der Waals surface area contributed by atoms with Gasteiger partial charge in [0.1, 0.15) is 0 Å². The highest BCUT2D eigenvalue weighted by Gasteiger charge is 2.07. The van der Waals surface area contributed by atoms with Crippen molar-refractivity contribution >= 4 is 0 Å². The number of nitrogens with two attached hydrogens (primary N) is 1. The van der Waals surface area contributed by atoms with Gasteiger partial charge < -0.3 is 5.73 Å². The molecule has 2 rings (SSSR count). The molecular formula is C16H21N3. The summed E-state index contributed by atoms with van der Waals surface area (Å²) in [5, 5.41) is 0. The maximum Gasteiger partial charge on any atom is 0.0544 e. The van der Waals surface area contributed by atoms with E-state index in [1.165, 1.54) is 11.1 Å². The van der Waals surface area contributed by atoms with Crippen LogP contribution in [0.3, 0.4) is 0 Å². The van der Waals surface area contributed by atoms with Crippen LogP contribution in [0.4, 0.5) is 0 Å². The van der Waals surface area contributed by atoms with Gasteiger partial charge in [0, 0.05) is 32.4 Å². The van der Waals surface area contributed by atoms with Gasteiger partial charge in [-0.2, -0.15) is 0 Å². The number of nitrogens with zero attached hydrogens (tertiary/aromatic N) is 2. The lowest BCUT2D eigenvalue weighted by molar-refractivity contribution is 0.261. The lowest BCUT2D eigenvalue weighted by atomic mass is 10.1. The molecule has 2 N–H and O–H groups in total. The quantitative estimate of drug-likeness (QED) is 0.861. The lowest BCUT2D eigenvalue weighted by Crippen LogP contribution is -2.29. The SMILES string of the molecule is Cc1cccc(CN(CCN)Cc2ccccn2)c1. The predicted octanol–water partition coefficient (Wildman–Crippen LogP) is 2.35. The third-order valence-corrected chi connectivity index (χ3v) is 3.05. The van der Waals surface area contributed by atoms with Crippen LogP contribution in [0.5, 0.6) is 0 Å². The highest BCUT2D eigenvalue weighted by molar-refractivity contribution is 5.22. The molecule has 0 bridgehead atoms. The van der Waals surface area contributed by atoms with Crippen molar-refractivity contribution in [2.75, 3.05) is 13.1 Å². The molecule has 0 aliphatic rings. The van der Waals surface area contributed by atoms with Gasteiger partial charge >= 0.3 is 0 Å². The first-order chi connectivity index (χ1) is 9.28. The van der Waals surface area contributed by atoms with E-state index in [1.807, 2.05) is 18.3 Å². The fourth-order valence-corrected chi connectivity index (χ4v) is 2.19. The molecule has 0 fully saturated rings. The van der Waals surface area contributed by atoms with Crippen molar-refractivity contribution in [3.8, 4) is 0 Å². The Kier molecular flexibility index (Phi) is 5.07. The molecule has 0 radical (unpaired) electrons. The first-order valence-electron chi connectivity index (χ1n) is 6.66. The molecule has 0 saturated carbocycles. The van der Waals surface area contributed by atoms with Gasteiger partial charge in [0.05, 0.1) is 5.69 Å². The zero-order chi connectivity index (χ0) is 13.5. The molecule has 1 aromatic heterocycles. The van der Waals surface area contributed by atoms with E-state index in [0.717, 1.165) is 25.3 Å². The summed E-state index contributed by atoms with van der Waals surface area (Å²) in [4.78, 5) is 6.71. The molecule has 0 atom stereocenters. The Labute approximate surface area is 115 Å². The molecule has 100 valence electrons. The van der Waals surface area contributed by atoms with Crippen molar-refractivity contribution in [2.24, 2.45) is 5.73 Å². The van der Waals surface area contributed by atoms with Crippen molar-refractivity contribution in [3.05, 3.63) is 65.5 Å². The van der Waals surface area contributed by atoms with Crippen LogP contribution in [-0.4, -0.2) is 23.0 Å². The Morgan fingerprint density at radius 3 is 2.68 bits per heavy atom. The van der Waals surface area contributed by atoms with E-state index >= 15 is 0 Å². The zero-order valence-electron chi connectivity index (χ0n) is 11.4. The smallest absolute Gasteiger partial charge is 0.0544 e.